The maximum atomic E-state index is 11.5. The minimum atomic E-state index is -0.258. The van der Waals surface area contributed by atoms with E-state index in [9.17, 15) is 9.90 Å². The van der Waals surface area contributed by atoms with Gasteiger partial charge >= 0.3 is 0 Å². The van der Waals surface area contributed by atoms with E-state index in [1.165, 1.54) is 17.6 Å². The number of para-hydroxylation sites is 1. The fourth-order valence-electron chi connectivity index (χ4n) is 1.22. The number of hydrogen-bond donors (Lipinski definition) is 2. The molecule has 4 nitrogen and oxygen atoms in total. The molecule has 1 aromatic carbocycles. The highest BCUT2D eigenvalue weighted by atomic mass is 32.1. The van der Waals surface area contributed by atoms with Crippen LogP contribution in [0.3, 0.4) is 0 Å². The van der Waals surface area contributed by atoms with Gasteiger partial charge in [0, 0.05) is 5.56 Å². The van der Waals surface area contributed by atoms with E-state index in [1.807, 2.05) is 5.38 Å². The van der Waals surface area contributed by atoms with Gasteiger partial charge < -0.3 is 5.11 Å². The van der Waals surface area contributed by atoms with E-state index in [1.54, 1.807) is 36.4 Å². The predicted molar refractivity (Wildman–Crippen MR) is 67.5 cm³/mol. The number of phenols is 1. The van der Waals surface area contributed by atoms with E-state index in [2.05, 4.69) is 10.5 Å². The first kappa shape index (κ1) is 11.3. The Morgan fingerprint density at radius 1 is 1.29 bits per heavy atom. The Kier molecular flexibility index (Phi) is 3.52. The van der Waals surface area contributed by atoms with Crippen LogP contribution in [0.2, 0.25) is 0 Å². The number of aromatic hydroxyl groups is 1. The molecule has 1 heterocycles. The fourth-order valence-corrected chi connectivity index (χ4v) is 1.83. The number of nitrogens with zero attached hydrogens (tertiary/aromatic N) is 1. The van der Waals surface area contributed by atoms with E-state index < -0.39 is 0 Å². The van der Waals surface area contributed by atoms with Gasteiger partial charge in [-0.1, -0.05) is 18.2 Å². The standard InChI is InChI=1S/C12H10N2O2S/c15-10-5-2-1-4-9(10)8-13-14-12(16)11-6-3-7-17-11/h1-8,15H,(H,14,16)/b13-8+. The van der Waals surface area contributed by atoms with Crippen LogP contribution in [0, 0.1) is 0 Å². The number of hydrazone groups is 1. The molecule has 86 valence electrons. The second-order valence-electron chi connectivity index (χ2n) is 3.24. The summed E-state index contributed by atoms with van der Waals surface area (Å²) in [5, 5.41) is 15.1. The largest absolute Gasteiger partial charge is 0.507 e. The van der Waals surface area contributed by atoms with Gasteiger partial charge in [-0.25, -0.2) is 5.43 Å². The fraction of sp³-hybridized carbons (Fsp3) is 0. The summed E-state index contributed by atoms with van der Waals surface area (Å²) in [7, 11) is 0. The highest BCUT2D eigenvalue weighted by Gasteiger charge is 2.03. The maximum Gasteiger partial charge on any atom is 0.281 e. The van der Waals surface area contributed by atoms with Gasteiger partial charge in [-0.2, -0.15) is 5.10 Å². The minimum absolute atomic E-state index is 0.127. The molecule has 1 amide bonds. The monoisotopic (exact) mass is 246 g/mol. The average Bonchev–Trinajstić information content (AvgIpc) is 2.85. The molecule has 0 spiro atoms. The smallest absolute Gasteiger partial charge is 0.281 e. The summed E-state index contributed by atoms with van der Waals surface area (Å²) in [5.41, 5.74) is 2.95. The lowest BCUT2D eigenvalue weighted by Gasteiger charge is -1.97. The van der Waals surface area contributed by atoms with E-state index in [0.717, 1.165) is 0 Å². The zero-order valence-corrected chi connectivity index (χ0v) is 9.65. The first-order valence-electron chi connectivity index (χ1n) is 4.92. The lowest BCUT2D eigenvalue weighted by atomic mass is 10.2. The van der Waals surface area contributed by atoms with Crippen molar-refractivity contribution in [1.82, 2.24) is 5.43 Å². The summed E-state index contributed by atoms with van der Waals surface area (Å²) in [6, 6.07) is 10.3. The molecule has 0 radical (unpaired) electrons. The third-order valence-corrected chi connectivity index (χ3v) is 2.92. The van der Waals surface area contributed by atoms with Gasteiger partial charge in [-0.05, 0) is 23.6 Å². The van der Waals surface area contributed by atoms with Crippen LogP contribution >= 0.6 is 11.3 Å². The van der Waals surface area contributed by atoms with Crippen molar-refractivity contribution in [1.29, 1.82) is 0 Å². The van der Waals surface area contributed by atoms with Crippen LogP contribution in [-0.4, -0.2) is 17.2 Å². The number of amides is 1. The maximum absolute atomic E-state index is 11.5. The topological polar surface area (TPSA) is 61.7 Å². The van der Waals surface area contributed by atoms with Crippen LogP contribution in [0.5, 0.6) is 5.75 Å². The van der Waals surface area contributed by atoms with Crippen molar-refractivity contribution in [2.24, 2.45) is 5.10 Å². The Morgan fingerprint density at radius 3 is 2.82 bits per heavy atom. The van der Waals surface area contributed by atoms with Crippen molar-refractivity contribution < 1.29 is 9.90 Å². The highest BCUT2D eigenvalue weighted by molar-refractivity contribution is 7.12. The van der Waals surface area contributed by atoms with E-state index in [-0.39, 0.29) is 11.7 Å². The van der Waals surface area contributed by atoms with E-state index >= 15 is 0 Å². The third-order valence-electron chi connectivity index (χ3n) is 2.05. The second kappa shape index (κ2) is 5.27. The Balaban J connectivity index is 1.99. The van der Waals surface area contributed by atoms with Crippen molar-refractivity contribution in [2.75, 3.05) is 0 Å². The molecule has 2 N–H and O–H groups in total. The average molecular weight is 246 g/mol. The summed E-state index contributed by atoms with van der Waals surface area (Å²) < 4.78 is 0. The van der Waals surface area contributed by atoms with Crippen LogP contribution in [0.4, 0.5) is 0 Å². The Morgan fingerprint density at radius 2 is 2.12 bits per heavy atom. The number of nitrogens with one attached hydrogen (secondary N) is 1. The summed E-state index contributed by atoms with van der Waals surface area (Å²) in [4.78, 5) is 12.1. The van der Waals surface area contributed by atoms with E-state index in [4.69, 9.17) is 0 Å². The molecule has 1 aromatic heterocycles. The quantitative estimate of drug-likeness (QED) is 0.644. The van der Waals surface area contributed by atoms with Crippen molar-refractivity contribution >= 4 is 23.5 Å². The molecule has 2 rings (SSSR count). The lowest BCUT2D eigenvalue weighted by molar-refractivity contribution is 0.0959. The van der Waals surface area contributed by atoms with Crippen molar-refractivity contribution in [3.63, 3.8) is 0 Å². The molecular weight excluding hydrogens is 236 g/mol. The van der Waals surface area contributed by atoms with Crippen LogP contribution in [0.25, 0.3) is 0 Å². The van der Waals surface area contributed by atoms with Crippen LogP contribution in [0.15, 0.2) is 46.9 Å². The molecule has 0 unspecified atom stereocenters. The Hall–Kier alpha value is -2.14. The lowest BCUT2D eigenvalue weighted by Crippen LogP contribution is -2.16. The summed E-state index contributed by atoms with van der Waals surface area (Å²) in [6.07, 6.45) is 1.40. The SMILES string of the molecule is O=C(N/N=C/c1ccccc1O)c1cccs1. The molecule has 0 atom stereocenters. The minimum Gasteiger partial charge on any atom is -0.507 e. The highest BCUT2D eigenvalue weighted by Crippen LogP contribution is 2.12. The molecule has 0 saturated heterocycles. The number of phenolic OH excluding ortho intramolecular Hbond substituents is 1. The van der Waals surface area contributed by atoms with Crippen LogP contribution in [0.1, 0.15) is 15.2 Å². The number of carbonyl (C=O) groups excluding carboxylic acids is 1. The van der Waals surface area contributed by atoms with Gasteiger partial charge in [0.25, 0.3) is 5.91 Å². The van der Waals surface area contributed by atoms with Crippen molar-refractivity contribution in [2.45, 2.75) is 0 Å². The number of hydrogen-bond acceptors (Lipinski definition) is 4. The molecule has 0 aliphatic carbocycles. The number of rotatable bonds is 3. The summed E-state index contributed by atoms with van der Waals surface area (Å²) >= 11 is 1.35. The molecule has 2 aromatic rings. The van der Waals surface area contributed by atoms with Gasteiger partial charge in [-0.3, -0.25) is 4.79 Å². The number of thiophene rings is 1. The predicted octanol–water partition coefficient (Wildman–Crippen LogP) is 2.22. The summed E-state index contributed by atoms with van der Waals surface area (Å²) in [5.74, 6) is -0.131. The van der Waals surface area contributed by atoms with Gasteiger partial charge in [0.1, 0.15) is 5.75 Å². The Bertz CT molecular complexity index is 535. The van der Waals surface area contributed by atoms with Crippen LogP contribution < -0.4 is 5.43 Å². The molecule has 17 heavy (non-hydrogen) atoms. The molecule has 5 heteroatoms. The van der Waals surface area contributed by atoms with Gasteiger partial charge in [-0.15, -0.1) is 11.3 Å². The molecular formula is C12H10N2O2S. The summed E-state index contributed by atoms with van der Waals surface area (Å²) in [6.45, 7) is 0. The molecule has 0 aliphatic rings. The number of benzene rings is 1. The molecule has 0 aliphatic heterocycles. The molecule has 0 bridgehead atoms. The van der Waals surface area contributed by atoms with Crippen molar-refractivity contribution in [3.8, 4) is 5.75 Å². The van der Waals surface area contributed by atoms with Gasteiger partial charge in [0.15, 0.2) is 0 Å². The molecule has 0 saturated carbocycles. The second-order valence-corrected chi connectivity index (χ2v) is 4.18. The van der Waals surface area contributed by atoms with Gasteiger partial charge in [0.05, 0.1) is 11.1 Å². The zero-order chi connectivity index (χ0) is 12.1. The Labute approximate surface area is 102 Å². The zero-order valence-electron chi connectivity index (χ0n) is 8.83. The van der Waals surface area contributed by atoms with Gasteiger partial charge in [0.2, 0.25) is 0 Å². The number of carbonyl (C=O) groups is 1. The first-order valence-corrected chi connectivity index (χ1v) is 5.80. The van der Waals surface area contributed by atoms with Crippen molar-refractivity contribution in [3.05, 3.63) is 52.2 Å². The normalized spacial score (nSPS) is 10.6. The van der Waals surface area contributed by atoms with Crippen LogP contribution in [-0.2, 0) is 0 Å². The van der Waals surface area contributed by atoms with E-state index in [0.29, 0.717) is 10.4 Å². The molecule has 0 fully saturated rings. The third kappa shape index (κ3) is 2.92. The first-order chi connectivity index (χ1) is 8.27.